The first-order valence-electron chi connectivity index (χ1n) is 6.26. The second-order valence-electron chi connectivity index (χ2n) is 4.68. The molecule has 17 heavy (non-hydrogen) atoms. The first-order valence-corrected chi connectivity index (χ1v) is 6.26. The average Bonchev–Trinajstić information content (AvgIpc) is 2.38. The van der Waals surface area contributed by atoms with E-state index in [9.17, 15) is 5.11 Å². The highest BCUT2D eigenvalue weighted by molar-refractivity contribution is 5.34. The normalized spacial score (nSPS) is 24.2. The third-order valence-electron chi connectivity index (χ3n) is 3.42. The van der Waals surface area contributed by atoms with Gasteiger partial charge in [0, 0.05) is 18.2 Å². The first-order chi connectivity index (χ1) is 8.29. The number of benzene rings is 1. The van der Waals surface area contributed by atoms with E-state index in [0.29, 0.717) is 0 Å². The molecule has 0 aliphatic heterocycles. The number of hydrogen-bond acceptors (Lipinski definition) is 2. The molecule has 2 atom stereocenters. The highest BCUT2D eigenvalue weighted by Gasteiger charge is 2.21. The quantitative estimate of drug-likeness (QED) is 0.778. The molecule has 0 radical (unpaired) electrons. The number of aliphatic hydroxyl groups is 1. The van der Waals surface area contributed by atoms with Crippen molar-refractivity contribution in [2.75, 3.05) is 0 Å². The summed E-state index contributed by atoms with van der Waals surface area (Å²) in [7, 11) is 0. The molecule has 0 aromatic heterocycles. The second kappa shape index (κ2) is 5.86. The molecule has 1 aromatic rings. The standard InChI is InChI=1S/C15H19NO/c1-2-12-7-9-13(10-8-12)11-16-14-5-3-4-6-15(14)17/h1,7-10,14-17H,3-6,11H2. The Kier molecular flexibility index (Phi) is 4.19. The Labute approximate surface area is 103 Å². The summed E-state index contributed by atoms with van der Waals surface area (Å²) in [6.45, 7) is 0.798. The topological polar surface area (TPSA) is 32.3 Å². The summed E-state index contributed by atoms with van der Waals surface area (Å²) < 4.78 is 0. The molecule has 1 aromatic carbocycles. The molecular weight excluding hydrogens is 210 g/mol. The lowest BCUT2D eigenvalue weighted by molar-refractivity contribution is 0.0902. The molecule has 0 bridgehead atoms. The van der Waals surface area contributed by atoms with Crippen molar-refractivity contribution in [2.24, 2.45) is 0 Å². The summed E-state index contributed by atoms with van der Waals surface area (Å²) in [4.78, 5) is 0. The Bertz CT molecular complexity index is 390. The van der Waals surface area contributed by atoms with E-state index in [1.54, 1.807) is 0 Å². The maximum Gasteiger partial charge on any atom is 0.0693 e. The van der Waals surface area contributed by atoms with Gasteiger partial charge in [-0.1, -0.05) is 30.9 Å². The minimum Gasteiger partial charge on any atom is -0.392 e. The zero-order valence-electron chi connectivity index (χ0n) is 10.0. The van der Waals surface area contributed by atoms with Crippen molar-refractivity contribution in [1.29, 1.82) is 0 Å². The minimum atomic E-state index is -0.186. The largest absolute Gasteiger partial charge is 0.392 e. The highest BCUT2D eigenvalue weighted by atomic mass is 16.3. The molecule has 2 rings (SSSR count). The van der Waals surface area contributed by atoms with Crippen LogP contribution in [0, 0.1) is 12.3 Å². The van der Waals surface area contributed by atoms with Crippen LogP contribution in [0.3, 0.4) is 0 Å². The van der Waals surface area contributed by atoms with Gasteiger partial charge in [0.15, 0.2) is 0 Å². The van der Waals surface area contributed by atoms with Crippen LogP contribution in [0.25, 0.3) is 0 Å². The lowest BCUT2D eigenvalue weighted by atomic mass is 9.92. The minimum absolute atomic E-state index is 0.186. The van der Waals surface area contributed by atoms with Crippen LogP contribution < -0.4 is 5.32 Å². The summed E-state index contributed by atoms with van der Waals surface area (Å²) in [6, 6.07) is 8.23. The van der Waals surface area contributed by atoms with Gasteiger partial charge in [0.2, 0.25) is 0 Å². The lowest BCUT2D eigenvalue weighted by Gasteiger charge is -2.28. The van der Waals surface area contributed by atoms with Crippen molar-refractivity contribution in [2.45, 2.75) is 44.4 Å². The van der Waals surface area contributed by atoms with Crippen LogP contribution in [0.4, 0.5) is 0 Å². The van der Waals surface area contributed by atoms with Crippen LogP contribution in [0.1, 0.15) is 36.8 Å². The van der Waals surface area contributed by atoms with Gasteiger partial charge in [-0.15, -0.1) is 6.42 Å². The number of rotatable bonds is 3. The van der Waals surface area contributed by atoms with Crippen LogP contribution >= 0.6 is 0 Å². The number of aliphatic hydroxyl groups excluding tert-OH is 1. The van der Waals surface area contributed by atoms with Crippen LogP contribution in [0.15, 0.2) is 24.3 Å². The van der Waals surface area contributed by atoms with Gasteiger partial charge in [0.05, 0.1) is 6.10 Å². The fourth-order valence-electron chi connectivity index (χ4n) is 2.32. The van der Waals surface area contributed by atoms with E-state index < -0.39 is 0 Å². The van der Waals surface area contributed by atoms with Crippen LogP contribution in [0.2, 0.25) is 0 Å². The average molecular weight is 229 g/mol. The molecule has 90 valence electrons. The zero-order valence-corrected chi connectivity index (χ0v) is 10.0. The predicted molar refractivity (Wildman–Crippen MR) is 69.5 cm³/mol. The maximum absolute atomic E-state index is 9.84. The Morgan fingerprint density at radius 3 is 2.59 bits per heavy atom. The summed E-state index contributed by atoms with van der Waals surface area (Å²) >= 11 is 0. The van der Waals surface area contributed by atoms with Gasteiger partial charge in [-0.2, -0.15) is 0 Å². The van der Waals surface area contributed by atoms with Crippen molar-refractivity contribution in [3.8, 4) is 12.3 Å². The molecule has 0 spiro atoms. The smallest absolute Gasteiger partial charge is 0.0693 e. The van der Waals surface area contributed by atoms with Gasteiger partial charge < -0.3 is 10.4 Å². The molecule has 1 fully saturated rings. The molecule has 0 saturated heterocycles. The molecule has 1 saturated carbocycles. The lowest BCUT2D eigenvalue weighted by Crippen LogP contribution is -2.41. The van der Waals surface area contributed by atoms with E-state index >= 15 is 0 Å². The summed E-state index contributed by atoms with van der Waals surface area (Å²) in [5, 5.41) is 13.3. The van der Waals surface area contributed by atoms with Crippen molar-refractivity contribution < 1.29 is 5.11 Å². The zero-order chi connectivity index (χ0) is 12.1. The van der Waals surface area contributed by atoms with Crippen molar-refractivity contribution in [1.82, 2.24) is 5.32 Å². The number of hydrogen-bond donors (Lipinski definition) is 2. The molecule has 2 N–H and O–H groups in total. The Hall–Kier alpha value is -1.30. The summed E-state index contributed by atoms with van der Waals surface area (Å²) in [5.74, 6) is 2.61. The fourth-order valence-corrected chi connectivity index (χ4v) is 2.32. The van der Waals surface area contributed by atoms with Gasteiger partial charge in [-0.25, -0.2) is 0 Å². The second-order valence-corrected chi connectivity index (χ2v) is 4.68. The number of nitrogens with one attached hydrogen (secondary N) is 1. The van der Waals surface area contributed by atoms with E-state index in [4.69, 9.17) is 6.42 Å². The third kappa shape index (κ3) is 3.33. The molecule has 1 aliphatic carbocycles. The van der Waals surface area contributed by atoms with E-state index in [-0.39, 0.29) is 12.1 Å². The molecule has 0 amide bonds. The van der Waals surface area contributed by atoms with E-state index in [1.807, 2.05) is 24.3 Å². The van der Waals surface area contributed by atoms with Gasteiger partial charge in [0.25, 0.3) is 0 Å². The first kappa shape index (κ1) is 12.2. The van der Waals surface area contributed by atoms with Crippen molar-refractivity contribution in [3.05, 3.63) is 35.4 Å². The fraction of sp³-hybridized carbons (Fsp3) is 0.467. The number of terminal acetylenes is 1. The highest BCUT2D eigenvalue weighted by Crippen LogP contribution is 2.18. The molecular formula is C15H19NO. The molecule has 2 heteroatoms. The van der Waals surface area contributed by atoms with Crippen LogP contribution in [-0.4, -0.2) is 17.3 Å². The van der Waals surface area contributed by atoms with Gasteiger partial charge in [-0.05, 0) is 30.5 Å². The van der Waals surface area contributed by atoms with Crippen molar-refractivity contribution in [3.63, 3.8) is 0 Å². The third-order valence-corrected chi connectivity index (χ3v) is 3.42. The molecule has 2 nitrogen and oxygen atoms in total. The summed E-state index contributed by atoms with van der Waals surface area (Å²) in [6.07, 6.45) is 9.48. The van der Waals surface area contributed by atoms with Gasteiger partial charge in [-0.3, -0.25) is 0 Å². The van der Waals surface area contributed by atoms with E-state index in [2.05, 4.69) is 11.2 Å². The molecule has 2 unspecified atom stereocenters. The Morgan fingerprint density at radius 1 is 1.24 bits per heavy atom. The van der Waals surface area contributed by atoms with Crippen LogP contribution in [0.5, 0.6) is 0 Å². The van der Waals surface area contributed by atoms with Crippen molar-refractivity contribution >= 4 is 0 Å². The van der Waals surface area contributed by atoms with E-state index in [0.717, 1.165) is 31.4 Å². The van der Waals surface area contributed by atoms with E-state index in [1.165, 1.54) is 12.0 Å². The maximum atomic E-state index is 9.84. The Morgan fingerprint density at radius 2 is 1.94 bits per heavy atom. The van der Waals surface area contributed by atoms with Gasteiger partial charge >= 0.3 is 0 Å². The monoisotopic (exact) mass is 229 g/mol. The Balaban J connectivity index is 1.86. The summed E-state index contributed by atoms with van der Waals surface area (Å²) in [5.41, 5.74) is 2.12. The molecule has 0 heterocycles. The van der Waals surface area contributed by atoms with Gasteiger partial charge in [0.1, 0.15) is 0 Å². The SMILES string of the molecule is C#Cc1ccc(CNC2CCCCC2O)cc1. The van der Waals surface area contributed by atoms with Crippen LogP contribution in [-0.2, 0) is 6.54 Å². The molecule has 1 aliphatic rings. The predicted octanol–water partition coefficient (Wildman–Crippen LogP) is 2.06.